The molecular weight excluding hydrogens is 242 g/mol. The lowest BCUT2D eigenvalue weighted by molar-refractivity contribution is 0.0966. The first kappa shape index (κ1) is 15.7. The number of ether oxygens (including phenoxy) is 1. The summed E-state index contributed by atoms with van der Waals surface area (Å²) in [5.41, 5.74) is 0.546. The van der Waals surface area contributed by atoms with Crippen LogP contribution >= 0.6 is 0 Å². The summed E-state index contributed by atoms with van der Waals surface area (Å²) in [6, 6.07) is 7.45. The number of ketones is 1. The third-order valence-electron chi connectivity index (χ3n) is 3.01. The van der Waals surface area contributed by atoms with E-state index in [0.29, 0.717) is 23.9 Å². The molecule has 0 aromatic heterocycles. The van der Waals surface area contributed by atoms with Gasteiger partial charge in [0.1, 0.15) is 18.5 Å². The average Bonchev–Trinajstić information content (AvgIpc) is 2.42. The number of Topliss-reactive ketones (excluding diaryl/α,β-unsaturated/α-hetero) is 1. The monoisotopic (exact) mass is 265 g/mol. The SMILES string of the molecule is CCC(C)NCC(O)COc1ccccc1C(C)=O. The van der Waals surface area contributed by atoms with E-state index in [2.05, 4.69) is 19.2 Å². The number of hydrogen-bond donors (Lipinski definition) is 2. The molecule has 1 aromatic carbocycles. The fourth-order valence-electron chi connectivity index (χ4n) is 1.61. The fraction of sp³-hybridized carbons (Fsp3) is 0.533. The van der Waals surface area contributed by atoms with Crippen LogP contribution in [-0.2, 0) is 0 Å². The Labute approximate surface area is 114 Å². The Bertz CT molecular complexity index is 406. The van der Waals surface area contributed by atoms with E-state index in [1.54, 1.807) is 18.2 Å². The van der Waals surface area contributed by atoms with Gasteiger partial charge < -0.3 is 15.2 Å². The van der Waals surface area contributed by atoms with Gasteiger partial charge in [0, 0.05) is 12.6 Å². The summed E-state index contributed by atoms with van der Waals surface area (Å²) < 4.78 is 5.52. The number of hydrogen-bond acceptors (Lipinski definition) is 4. The topological polar surface area (TPSA) is 58.6 Å². The highest BCUT2D eigenvalue weighted by atomic mass is 16.5. The summed E-state index contributed by atoms with van der Waals surface area (Å²) in [5.74, 6) is 0.486. The summed E-state index contributed by atoms with van der Waals surface area (Å²) in [5, 5.41) is 13.0. The second-order valence-electron chi connectivity index (χ2n) is 4.73. The average molecular weight is 265 g/mol. The van der Waals surface area contributed by atoms with Gasteiger partial charge in [0.2, 0.25) is 0 Å². The second kappa shape index (κ2) is 7.92. The van der Waals surface area contributed by atoms with Crippen molar-refractivity contribution < 1.29 is 14.6 Å². The Hall–Kier alpha value is -1.39. The zero-order valence-electron chi connectivity index (χ0n) is 11.8. The van der Waals surface area contributed by atoms with Crippen LogP contribution in [0, 0.1) is 0 Å². The van der Waals surface area contributed by atoms with Crippen LogP contribution in [0.25, 0.3) is 0 Å². The molecule has 19 heavy (non-hydrogen) atoms. The number of rotatable bonds is 8. The second-order valence-corrected chi connectivity index (χ2v) is 4.73. The van der Waals surface area contributed by atoms with Crippen molar-refractivity contribution in [3.8, 4) is 5.75 Å². The molecule has 0 aliphatic rings. The number of para-hydroxylation sites is 1. The molecular formula is C15H23NO3. The third kappa shape index (κ3) is 5.41. The van der Waals surface area contributed by atoms with E-state index in [0.717, 1.165) is 6.42 Å². The van der Waals surface area contributed by atoms with Gasteiger partial charge >= 0.3 is 0 Å². The molecule has 106 valence electrons. The summed E-state index contributed by atoms with van der Waals surface area (Å²) in [4.78, 5) is 11.4. The van der Waals surface area contributed by atoms with Gasteiger partial charge in [-0.1, -0.05) is 19.1 Å². The van der Waals surface area contributed by atoms with Gasteiger partial charge in [-0.15, -0.1) is 0 Å². The molecule has 0 heterocycles. The molecule has 2 N–H and O–H groups in total. The van der Waals surface area contributed by atoms with Crippen molar-refractivity contribution in [3.63, 3.8) is 0 Å². The van der Waals surface area contributed by atoms with Crippen LogP contribution in [-0.4, -0.2) is 36.2 Å². The van der Waals surface area contributed by atoms with Crippen LogP contribution in [0.5, 0.6) is 5.75 Å². The van der Waals surface area contributed by atoms with Crippen LogP contribution in [0.2, 0.25) is 0 Å². The number of aliphatic hydroxyl groups excluding tert-OH is 1. The highest BCUT2D eigenvalue weighted by molar-refractivity contribution is 5.96. The zero-order chi connectivity index (χ0) is 14.3. The number of aliphatic hydroxyl groups is 1. The van der Waals surface area contributed by atoms with Crippen LogP contribution in [0.15, 0.2) is 24.3 Å². The molecule has 4 heteroatoms. The Morgan fingerprint density at radius 3 is 2.74 bits per heavy atom. The quantitative estimate of drug-likeness (QED) is 0.706. The molecule has 4 nitrogen and oxygen atoms in total. The molecule has 1 aromatic rings. The van der Waals surface area contributed by atoms with E-state index < -0.39 is 6.10 Å². The molecule has 0 aliphatic carbocycles. The van der Waals surface area contributed by atoms with Gasteiger partial charge in [-0.05, 0) is 32.4 Å². The van der Waals surface area contributed by atoms with Crippen molar-refractivity contribution in [2.75, 3.05) is 13.2 Å². The first-order chi connectivity index (χ1) is 9.04. The minimum absolute atomic E-state index is 0.0391. The van der Waals surface area contributed by atoms with E-state index in [9.17, 15) is 9.90 Å². The van der Waals surface area contributed by atoms with Crippen LogP contribution in [0.1, 0.15) is 37.6 Å². The van der Waals surface area contributed by atoms with Crippen molar-refractivity contribution in [3.05, 3.63) is 29.8 Å². The van der Waals surface area contributed by atoms with Crippen molar-refractivity contribution >= 4 is 5.78 Å². The number of nitrogens with one attached hydrogen (secondary N) is 1. The molecule has 2 unspecified atom stereocenters. The Morgan fingerprint density at radius 1 is 1.42 bits per heavy atom. The van der Waals surface area contributed by atoms with E-state index >= 15 is 0 Å². The molecule has 2 atom stereocenters. The number of benzene rings is 1. The third-order valence-corrected chi connectivity index (χ3v) is 3.01. The smallest absolute Gasteiger partial charge is 0.163 e. The lowest BCUT2D eigenvalue weighted by atomic mass is 10.1. The number of carbonyl (C=O) groups is 1. The van der Waals surface area contributed by atoms with Crippen molar-refractivity contribution in [1.29, 1.82) is 0 Å². The Balaban J connectivity index is 2.46. The lowest BCUT2D eigenvalue weighted by Crippen LogP contribution is -2.36. The normalized spacial score (nSPS) is 13.9. The first-order valence-corrected chi connectivity index (χ1v) is 6.68. The summed E-state index contributed by atoms with van der Waals surface area (Å²) in [6.07, 6.45) is 0.426. The van der Waals surface area contributed by atoms with Crippen LogP contribution in [0.3, 0.4) is 0 Å². The van der Waals surface area contributed by atoms with E-state index in [1.807, 2.05) is 6.07 Å². The largest absolute Gasteiger partial charge is 0.490 e. The minimum atomic E-state index is -0.589. The van der Waals surface area contributed by atoms with Crippen LogP contribution in [0.4, 0.5) is 0 Å². The molecule has 0 fully saturated rings. The van der Waals surface area contributed by atoms with Gasteiger partial charge in [0.05, 0.1) is 5.56 Å². The van der Waals surface area contributed by atoms with Gasteiger partial charge in [0.15, 0.2) is 5.78 Å². The van der Waals surface area contributed by atoms with Gasteiger partial charge in [0.25, 0.3) is 0 Å². The predicted molar refractivity (Wildman–Crippen MR) is 75.7 cm³/mol. The maximum absolute atomic E-state index is 11.4. The van der Waals surface area contributed by atoms with Crippen molar-refractivity contribution in [2.24, 2.45) is 0 Å². The highest BCUT2D eigenvalue weighted by Gasteiger charge is 2.10. The van der Waals surface area contributed by atoms with Gasteiger partial charge in [-0.3, -0.25) is 4.79 Å². The number of carbonyl (C=O) groups excluding carboxylic acids is 1. The molecule has 0 saturated carbocycles. The molecule has 0 amide bonds. The van der Waals surface area contributed by atoms with Gasteiger partial charge in [-0.25, -0.2) is 0 Å². The molecule has 0 radical (unpaired) electrons. The Kier molecular flexibility index (Phi) is 6.53. The molecule has 0 saturated heterocycles. The van der Waals surface area contributed by atoms with Gasteiger partial charge in [-0.2, -0.15) is 0 Å². The highest BCUT2D eigenvalue weighted by Crippen LogP contribution is 2.18. The minimum Gasteiger partial charge on any atom is -0.490 e. The summed E-state index contributed by atoms with van der Waals surface area (Å²) >= 11 is 0. The fourth-order valence-corrected chi connectivity index (χ4v) is 1.61. The first-order valence-electron chi connectivity index (χ1n) is 6.68. The Morgan fingerprint density at radius 2 is 2.11 bits per heavy atom. The molecule has 1 rings (SSSR count). The molecule has 0 aliphatic heterocycles. The summed E-state index contributed by atoms with van der Waals surface area (Å²) in [7, 11) is 0. The maximum Gasteiger partial charge on any atom is 0.163 e. The van der Waals surface area contributed by atoms with E-state index in [-0.39, 0.29) is 12.4 Å². The molecule has 0 spiro atoms. The maximum atomic E-state index is 11.4. The van der Waals surface area contributed by atoms with Crippen molar-refractivity contribution in [1.82, 2.24) is 5.32 Å². The standard InChI is InChI=1S/C15H23NO3/c1-4-11(2)16-9-13(18)10-19-15-8-6-5-7-14(15)12(3)17/h5-8,11,13,16,18H,4,9-10H2,1-3H3. The lowest BCUT2D eigenvalue weighted by Gasteiger charge is -2.17. The zero-order valence-corrected chi connectivity index (χ0v) is 11.8. The van der Waals surface area contributed by atoms with E-state index in [4.69, 9.17) is 4.74 Å². The van der Waals surface area contributed by atoms with Crippen molar-refractivity contribution in [2.45, 2.75) is 39.3 Å². The predicted octanol–water partition coefficient (Wildman–Crippen LogP) is 2.02. The van der Waals surface area contributed by atoms with E-state index in [1.165, 1.54) is 6.92 Å². The summed E-state index contributed by atoms with van der Waals surface area (Å²) in [6.45, 7) is 6.32. The molecule has 0 bridgehead atoms. The van der Waals surface area contributed by atoms with Crippen LogP contribution < -0.4 is 10.1 Å².